The third kappa shape index (κ3) is 1.70. The normalized spacial score (nSPS) is 32.7. The van der Waals surface area contributed by atoms with E-state index in [0.717, 1.165) is 18.3 Å². The fourth-order valence-electron chi connectivity index (χ4n) is 2.80. The molecule has 76 valence electrons. The van der Waals surface area contributed by atoms with Gasteiger partial charge < -0.3 is 0 Å². The van der Waals surface area contributed by atoms with E-state index in [0.29, 0.717) is 0 Å². The molecule has 2 rings (SSSR count). The highest BCUT2D eigenvalue weighted by molar-refractivity contribution is 5.40. The van der Waals surface area contributed by atoms with Gasteiger partial charge in [0.15, 0.2) is 0 Å². The molecule has 2 saturated carbocycles. The summed E-state index contributed by atoms with van der Waals surface area (Å²) in [7, 11) is 0. The third-order valence-corrected chi connectivity index (χ3v) is 3.60. The van der Waals surface area contributed by atoms with E-state index in [1.807, 2.05) is 0 Å². The maximum atomic E-state index is 4.23. The topological polar surface area (TPSA) is 0 Å². The van der Waals surface area contributed by atoms with Crippen molar-refractivity contribution in [1.29, 1.82) is 0 Å². The van der Waals surface area contributed by atoms with Crippen molar-refractivity contribution in [1.82, 2.24) is 0 Å². The first-order valence-corrected chi connectivity index (χ1v) is 5.71. The van der Waals surface area contributed by atoms with E-state index in [9.17, 15) is 0 Å². The van der Waals surface area contributed by atoms with Crippen LogP contribution in [0.2, 0.25) is 0 Å². The SMILES string of the molecule is C=C1/C(=C/CC=C(C)C)C2CCC1C2. The van der Waals surface area contributed by atoms with Gasteiger partial charge in [-0.15, -0.1) is 0 Å². The van der Waals surface area contributed by atoms with Gasteiger partial charge >= 0.3 is 0 Å². The van der Waals surface area contributed by atoms with Crippen molar-refractivity contribution in [3.05, 3.63) is 35.5 Å². The van der Waals surface area contributed by atoms with Crippen molar-refractivity contribution in [2.45, 2.75) is 39.5 Å². The molecule has 0 N–H and O–H groups in total. The quantitative estimate of drug-likeness (QED) is 0.568. The maximum Gasteiger partial charge on any atom is -0.0156 e. The molecule has 0 nitrogen and oxygen atoms in total. The monoisotopic (exact) mass is 188 g/mol. The second kappa shape index (κ2) is 3.76. The zero-order valence-electron chi connectivity index (χ0n) is 9.34. The summed E-state index contributed by atoms with van der Waals surface area (Å²) >= 11 is 0. The molecule has 2 bridgehead atoms. The molecule has 14 heavy (non-hydrogen) atoms. The minimum absolute atomic E-state index is 0.831. The fourth-order valence-corrected chi connectivity index (χ4v) is 2.80. The molecule has 0 aromatic heterocycles. The summed E-state index contributed by atoms with van der Waals surface area (Å²) in [4.78, 5) is 0. The number of allylic oxidation sites excluding steroid dienone is 5. The van der Waals surface area contributed by atoms with Gasteiger partial charge in [-0.25, -0.2) is 0 Å². The molecule has 2 unspecified atom stereocenters. The molecule has 0 radical (unpaired) electrons. The average Bonchev–Trinajstić information content (AvgIpc) is 2.68. The number of fused-ring (bicyclic) bond motifs is 2. The molecule has 0 amide bonds. The van der Waals surface area contributed by atoms with Crippen LogP contribution in [0.1, 0.15) is 39.5 Å². The van der Waals surface area contributed by atoms with Crippen LogP contribution in [0.5, 0.6) is 0 Å². The van der Waals surface area contributed by atoms with Crippen molar-refractivity contribution < 1.29 is 0 Å². The highest BCUT2D eigenvalue weighted by atomic mass is 14.4. The van der Waals surface area contributed by atoms with Gasteiger partial charge in [0.1, 0.15) is 0 Å². The molecule has 0 heteroatoms. The van der Waals surface area contributed by atoms with E-state index in [1.165, 1.54) is 30.4 Å². The molecule has 2 atom stereocenters. The van der Waals surface area contributed by atoms with Crippen LogP contribution in [-0.2, 0) is 0 Å². The minimum atomic E-state index is 0.831. The summed E-state index contributed by atoms with van der Waals surface area (Å²) in [5.74, 6) is 1.69. The van der Waals surface area contributed by atoms with Crippen molar-refractivity contribution in [2.24, 2.45) is 11.8 Å². The zero-order valence-corrected chi connectivity index (χ0v) is 9.34. The Morgan fingerprint density at radius 3 is 2.64 bits per heavy atom. The fraction of sp³-hybridized carbons (Fsp3) is 0.571. The Balaban J connectivity index is 2.04. The Bertz CT molecular complexity index is 300. The molecule has 2 aliphatic rings. The van der Waals surface area contributed by atoms with E-state index in [4.69, 9.17) is 0 Å². The molecule has 2 aliphatic carbocycles. The van der Waals surface area contributed by atoms with Gasteiger partial charge in [0, 0.05) is 0 Å². The van der Waals surface area contributed by atoms with E-state index in [-0.39, 0.29) is 0 Å². The Labute approximate surface area is 87.4 Å². The summed E-state index contributed by atoms with van der Waals surface area (Å²) in [6, 6.07) is 0. The lowest BCUT2D eigenvalue weighted by atomic mass is 9.90. The highest BCUT2D eigenvalue weighted by Gasteiger charge is 2.37. The summed E-state index contributed by atoms with van der Waals surface area (Å²) in [5.41, 5.74) is 4.44. The number of rotatable bonds is 2. The van der Waals surface area contributed by atoms with Crippen LogP contribution in [0.15, 0.2) is 35.5 Å². The average molecular weight is 188 g/mol. The van der Waals surface area contributed by atoms with Crippen molar-refractivity contribution in [2.75, 3.05) is 0 Å². The smallest absolute Gasteiger partial charge is 0.0156 e. The first-order chi connectivity index (χ1) is 6.68. The number of hydrogen-bond donors (Lipinski definition) is 0. The Hall–Kier alpha value is -0.780. The van der Waals surface area contributed by atoms with Gasteiger partial charge in [-0.3, -0.25) is 0 Å². The maximum absolute atomic E-state index is 4.23. The van der Waals surface area contributed by atoms with Crippen molar-refractivity contribution in [3.63, 3.8) is 0 Å². The van der Waals surface area contributed by atoms with Crippen molar-refractivity contribution >= 4 is 0 Å². The lowest BCUT2D eigenvalue weighted by molar-refractivity contribution is 0.654. The first kappa shape index (κ1) is 9.76. The Kier molecular flexibility index (Phi) is 2.62. The van der Waals surface area contributed by atoms with Crippen LogP contribution in [-0.4, -0.2) is 0 Å². The van der Waals surface area contributed by atoms with E-state index in [2.05, 4.69) is 32.6 Å². The Morgan fingerprint density at radius 1 is 1.36 bits per heavy atom. The molecule has 0 aliphatic heterocycles. The van der Waals surface area contributed by atoms with Crippen LogP contribution in [0.25, 0.3) is 0 Å². The van der Waals surface area contributed by atoms with Gasteiger partial charge in [-0.05, 0) is 62.5 Å². The van der Waals surface area contributed by atoms with Crippen LogP contribution in [0.4, 0.5) is 0 Å². The molecular formula is C14H20. The van der Waals surface area contributed by atoms with Crippen LogP contribution >= 0.6 is 0 Å². The molecule has 0 aromatic rings. The van der Waals surface area contributed by atoms with Gasteiger partial charge in [-0.2, -0.15) is 0 Å². The lowest BCUT2D eigenvalue weighted by Gasteiger charge is -2.15. The van der Waals surface area contributed by atoms with Gasteiger partial charge in [-0.1, -0.05) is 24.3 Å². The van der Waals surface area contributed by atoms with Gasteiger partial charge in [0.2, 0.25) is 0 Å². The zero-order chi connectivity index (χ0) is 10.1. The standard InChI is InChI=1S/C14H20/c1-10(2)5-4-6-14-11(3)12-7-8-13(14)9-12/h5-6,12-13H,3-4,7-9H2,1-2H3/b14-6-. The van der Waals surface area contributed by atoms with Crippen molar-refractivity contribution in [3.8, 4) is 0 Å². The second-order valence-corrected chi connectivity index (χ2v) is 4.91. The summed E-state index contributed by atoms with van der Waals surface area (Å²) in [6.45, 7) is 8.55. The van der Waals surface area contributed by atoms with Crippen LogP contribution in [0.3, 0.4) is 0 Å². The summed E-state index contributed by atoms with van der Waals surface area (Å²) in [5, 5.41) is 0. The summed E-state index contributed by atoms with van der Waals surface area (Å²) < 4.78 is 0. The second-order valence-electron chi connectivity index (χ2n) is 4.91. The first-order valence-electron chi connectivity index (χ1n) is 5.71. The van der Waals surface area contributed by atoms with Crippen LogP contribution < -0.4 is 0 Å². The molecule has 0 aromatic carbocycles. The molecule has 0 heterocycles. The van der Waals surface area contributed by atoms with Crippen LogP contribution in [0, 0.1) is 11.8 Å². The predicted octanol–water partition coefficient (Wildman–Crippen LogP) is 4.26. The lowest BCUT2D eigenvalue weighted by Crippen LogP contribution is -2.00. The highest BCUT2D eigenvalue weighted by Crippen LogP contribution is 2.50. The third-order valence-electron chi connectivity index (χ3n) is 3.60. The minimum Gasteiger partial charge on any atom is -0.0953 e. The Morgan fingerprint density at radius 2 is 2.07 bits per heavy atom. The molecule has 0 saturated heterocycles. The molecular weight excluding hydrogens is 168 g/mol. The van der Waals surface area contributed by atoms with E-state index in [1.54, 1.807) is 5.57 Å². The summed E-state index contributed by atoms with van der Waals surface area (Å²) in [6.07, 6.45) is 9.98. The largest absolute Gasteiger partial charge is 0.0953 e. The van der Waals surface area contributed by atoms with E-state index < -0.39 is 0 Å². The van der Waals surface area contributed by atoms with Gasteiger partial charge in [0.25, 0.3) is 0 Å². The van der Waals surface area contributed by atoms with Gasteiger partial charge in [0.05, 0.1) is 0 Å². The predicted molar refractivity (Wildman–Crippen MR) is 62.1 cm³/mol. The number of hydrogen-bond acceptors (Lipinski definition) is 0. The molecule has 2 fully saturated rings. The van der Waals surface area contributed by atoms with E-state index >= 15 is 0 Å². The molecule has 0 spiro atoms.